The Bertz CT molecular complexity index is 927. The van der Waals surface area contributed by atoms with Gasteiger partial charge in [-0.15, -0.1) is 0 Å². The minimum Gasteiger partial charge on any atom is -0.494 e. The Balaban J connectivity index is 2.04. The highest BCUT2D eigenvalue weighted by Gasteiger charge is 2.28. The molecule has 2 aromatic carbocycles. The van der Waals surface area contributed by atoms with Crippen molar-refractivity contribution >= 4 is 21.6 Å². The maximum absolute atomic E-state index is 12.4. The fourth-order valence-corrected chi connectivity index (χ4v) is 3.45. The molecule has 0 saturated carbocycles. The first-order chi connectivity index (χ1) is 13.5. The molecule has 2 rings (SSSR count). The van der Waals surface area contributed by atoms with Gasteiger partial charge in [-0.1, -0.05) is 0 Å². The van der Waals surface area contributed by atoms with Crippen molar-refractivity contribution in [2.24, 2.45) is 0 Å². The number of carbonyl (C=O) groups excluding carboxylic acids is 1. The summed E-state index contributed by atoms with van der Waals surface area (Å²) in [7, 11) is -2.57. The van der Waals surface area contributed by atoms with Crippen LogP contribution in [0.4, 0.5) is 18.9 Å². The minimum atomic E-state index is -4.35. The molecule has 0 saturated heterocycles. The van der Waals surface area contributed by atoms with Crippen LogP contribution in [0.25, 0.3) is 0 Å². The van der Waals surface area contributed by atoms with Crippen LogP contribution in [0.3, 0.4) is 0 Å². The number of carbonyl (C=O) groups is 1. The van der Waals surface area contributed by atoms with Crippen LogP contribution >= 0.6 is 0 Å². The quantitative estimate of drug-likeness (QED) is 0.689. The van der Waals surface area contributed by atoms with E-state index in [1.807, 2.05) is 6.92 Å². The van der Waals surface area contributed by atoms with Gasteiger partial charge in [-0.25, -0.2) is 8.42 Å². The number of anilines is 1. The summed E-state index contributed by atoms with van der Waals surface area (Å²) in [6.07, 6.45) is -5.45. The zero-order chi connectivity index (χ0) is 21.7. The Kier molecular flexibility index (Phi) is 7.12. The first-order valence-corrected chi connectivity index (χ1v) is 10.2. The second-order valence-corrected chi connectivity index (χ2v) is 7.86. The van der Waals surface area contributed by atoms with Crippen molar-refractivity contribution < 1.29 is 31.1 Å². The van der Waals surface area contributed by atoms with Gasteiger partial charge in [0.2, 0.25) is 0 Å². The minimum absolute atomic E-state index is 0.0352. The van der Waals surface area contributed by atoms with Crippen molar-refractivity contribution in [2.45, 2.75) is 24.4 Å². The number of amides is 1. The molecule has 29 heavy (non-hydrogen) atoms. The zero-order valence-corrected chi connectivity index (χ0v) is 16.7. The van der Waals surface area contributed by atoms with E-state index in [-0.39, 0.29) is 16.1 Å². The smallest absolute Gasteiger partial charge is 0.390 e. The zero-order valence-electron chi connectivity index (χ0n) is 15.9. The van der Waals surface area contributed by atoms with Crippen LogP contribution in [-0.2, 0) is 10.0 Å². The van der Waals surface area contributed by atoms with Crippen molar-refractivity contribution in [3.8, 4) is 5.75 Å². The van der Waals surface area contributed by atoms with Gasteiger partial charge in [-0.05, 0) is 55.5 Å². The van der Waals surface area contributed by atoms with Crippen molar-refractivity contribution in [1.29, 1.82) is 0 Å². The number of benzene rings is 2. The van der Waals surface area contributed by atoms with Crippen LogP contribution in [-0.4, -0.2) is 45.6 Å². The maximum atomic E-state index is 12.4. The van der Waals surface area contributed by atoms with Crippen molar-refractivity contribution in [3.05, 3.63) is 54.1 Å². The molecule has 0 aliphatic rings. The number of hydrogen-bond donors (Lipinski definition) is 1. The van der Waals surface area contributed by atoms with Gasteiger partial charge in [0, 0.05) is 24.8 Å². The molecule has 6 nitrogen and oxygen atoms in total. The summed E-state index contributed by atoms with van der Waals surface area (Å²) in [5.41, 5.74) is 0.368. The summed E-state index contributed by atoms with van der Waals surface area (Å²) in [6.45, 7) is 1.81. The monoisotopic (exact) mass is 430 g/mol. The molecule has 0 fully saturated rings. The number of alkyl halides is 3. The molecular formula is C19H21F3N2O4S. The Morgan fingerprint density at radius 2 is 1.66 bits per heavy atom. The molecule has 2 aromatic rings. The Morgan fingerprint density at radius 1 is 1.07 bits per heavy atom. The maximum Gasteiger partial charge on any atom is 0.390 e. The van der Waals surface area contributed by atoms with Crippen molar-refractivity contribution in [2.75, 3.05) is 24.9 Å². The van der Waals surface area contributed by atoms with Crippen LogP contribution in [0, 0.1) is 0 Å². The number of nitrogens with zero attached hydrogens (tertiary/aromatic N) is 1. The largest absolute Gasteiger partial charge is 0.494 e. The van der Waals surface area contributed by atoms with Gasteiger partial charge < -0.3 is 9.64 Å². The van der Waals surface area contributed by atoms with Crippen LogP contribution in [0.15, 0.2) is 53.4 Å². The highest BCUT2D eigenvalue weighted by molar-refractivity contribution is 7.92. The summed E-state index contributed by atoms with van der Waals surface area (Å²) in [6, 6.07) is 11.3. The first-order valence-electron chi connectivity index (χ1n) is 8.70. The average Bonchev–Trinajstić information content (AvgIpc) is 2.66. The second kappa shape index (κ2) is 9.17. The normalized spacial score (nSPS) is 11.8. The highest BCUT2D eigenvalue weighted by Crippen LogP contribution is 2.21. The number of halogens is 3. The van der Waals surface area contributed by atoms with Crippen LogP contribution in [0.2, 0.25) is 0 Å². The van der Waals surface area contributed by atoms with Crippen LogP contribution < -0.4 is 9.46 Å². The standard InChI is InChI=1S/C19H21F3N2O4S/c1-3-28-16-8-10-17(11-9-16)29(26,27)23-15-6-4-14(5-7-15)18(25)24(2)13-12-19(20,21)22/h4-11,23H,3,12-13H2,1-2H3. The molecule has 0 aromatic heterocycles. The molecule has 1 N–H and O–H groups in total. The van der Waals surface area contributed by atoms with Crippen molar-refractivity contribution in [3.63, 3.8) is 0 Å². The highest BCUT2D eigenvalue weighted by atomic mass is 32.2. The fraction of sp³-hybridized carbons (Fsp3) is 0.316. The third kappa shape index (κ3) is 6.67. The lowest BCUT2D eigenvalue weighted by Gasteiger charge is -2.18. The third-order valence-corrected chi connectivity index (χ3v) is 5.30. The van der Waals surface area contributed by atoms with E-state index in [9.17, 15) is 26.4 Å². The van der Waals surface area contributed by atoms with E-state index in [2.05, 4.69) is 4.72 Å². The number of rotatable bonds is 8. The molecule has 0 spiro atoms. The summed E-state index contributed by atoms with van der Waals surface area (Å²) >= 11 is 0. The average molecular weight is 430 g/mol. The van der Waals surface area contributed by atoms with Gasteiger partial charge in [0.15, 0.2) is 0 Å². The van der Waals surface area contributed by atoms with Gasteiger partial charge >= 0.3 is 6.18 Å². The number of ether oxygens (including phenoxy) is 1. The Hall–Kier alpha value is -2.75. The Morgan fingerprint density at radius 3 is 2.17 bits per heavy atom. The predicted octanol–water partition coefficient (Wildman–Crippen LogP) is 3.91. The van der Waals surface area contributed by atoms with E-state index in [4.69, 9.17) is 4.74 Å². The van der Waals surface area contributed by atoms with Crippen molar-refractivity contribution in [1.82, 2.24) is 4.90 Å². The lowest BCUT2D eigenvalue weighted by atomic mass is 10.2. The SMILES string of the molecule is CCOc1ccc(S(=O)(=O)Nc2ccc(C(=O)N(C)CCC(F)(F)F)cc2)cc1. The van der Waals surface area contributed by atoms with Gasteiger partial charge in [-0.3, -0.25) is 9.52 Å². The van der Waals surface area contributed by atoms with E-state index in [1.54, 1.807) is 0 Å². The molecular weight excluding hydrogens is 409 g/mol. The molecule has 0 bridgehead atoms. The summed E-state index contributed by atoms with van der Waals surface area (Å²) in [4.78, 5) is 13.2. The van der Waals surface area contributed by atoms with Gasteiger partial charge in [-0.2, -0.15) is 13.2 Å². The van der Waals surface area contributed by atoms with Crippen LogP contribution in [0.5, 0.6) is 5.75 Å². The Labute approximate surface area is 167 Å². The lowest BCUT2D eigenvalue weighted by Crippen LogP contribution is -2.30. The van der Waals surface area contributed by atoms with Crippen LogP contribution in [0.1, 0.15) is 23.7 Å². The number of hydrogen-bond acceptors (Lipinski definition) is 4. The van der Waals surface area contributed by atoms with E-state index in [0.717, 1.165) is 4.90 Å². The van der Waals surface area contributed by atoms with E-state index in [0.29, 0.717) is 12.4 Å². The summed E-state index contributed by atoms with van der Waals surface area (Å²) in [5.74, 6) is -0.0425. The molecule has 0 heterocycles. The molecule has 0 aliphatic carbocycles. The second-order valence-electron chi connectivity index (χ2n) is 6.18. The molecule has 0 radical (unpaired) electrons. The molecule has 10 heteroatoms. The van der Waals surface area contributed by atoms with Gasteiger partial charge in [0.1, 0.15) is 5.75 Å². The molecule has 0 atom stereocenters. The molecule has 0 aliphatic heterocycles. The van der Waals surface area contributed by atoms with E-state index >= 15 is 0 Å². The third-order valence-electron chi connectivity index (χ3n) is 3.91. The predicted molar refractivity (Wildman–Crippen MR) is 102 cm³/mol. The van der Waals surface area contributed by atoms with Gasteiger partial charge in [0.25, 0.3) is 15.9 Å². The summed E-state index contributed by atoms with van der Waals surface area (Å²) in [5, 5.41) is 0. The molecule has 1 amide bonds. The fourth-order valence-electron chi connectivity index (χ4n) is 2.39. The molecule has 158 valence electrons. The first kappa shape index (κ1) is 22.5. The van der Waals surface area contributed by atoms with E-state index in [1.165, 1.54) is 55.6 Å². The molecule has 0 unspecified atom stereocenters. The summed E-state index contributed by atoms with van der Waals surface area (Å²) < 4.78 is 69.4. The lowest BCUT2D eigenvalue weighted by molar-refractivity contribution is -0.136. The number of sulfonamides is 1. The van der Waals surface area contributed by atoms with E-state index < -0.39 is 35.1 Å². The topological polar surface area (TPSA) is 75.7 Å². The van der Waals surface area contributed by atoms with Gasteiger partial charge in [0.05, 0.1) is 17.9 Å². The number of nitrogens with one attached hydrogen (secondary N) is 1.